The third kappa shape index (κ3) is 3.23. The monoisotopic (exact) mass is 259 g/mol. The SMILES string of the molecule is CNc1nccc(-c2ccc(SC(C)C)cc2)n1. The second kappa shape index (κ2) is 5.87. The molecule has 18 heavy (non-hydrogen) atoms. The molecule has 94 valence electrons. The quantitative estimate of drug-likeness (QED) is 0.850. The van der Waals surface area contributed by atoms with E-state index in [4.69, 9.17) is 0 Å². The molecule has 0 unspecified atom stereocenters. The van der Waals surface area contributed by atoms with Gasteiger partial charge < -0.3 is 5.32 Å². The summed E-state index contributed by atoms with van der Waals surface area (Å²) in [5.74, 6) is 0.646. The summed E-state index contributed by atoms with van der Waals surface area (Å²) in [5.41, 5.74) is 2.05. The number of hydrogen-bond acceptors (Lipinski definition) is 4. The van der Waals surface area contributed by atoms with Gasteiger partial charge in [-0.3, -0.25) is 0 Å². The van der Waals surface area contributed by atoms with Gasteiger partial charge in [-0.05, 0) is 18.2 Å². The number of anilines is 1. The van der Waals surface area contributed by atoms with E-state index in [1.807, 2.05) is 24.9 Å². The van der Waals surface area contributed by atoms with Gasteiger partial charge in [-0.1, -0.05) is 26.0 Å². The first kappa shape index (κ1) is 12.9. The molecule has 0 aliphatic rings. The minimum Gasteiger partial charge on any atom is -0.357 e. The number of benzene rings is 1. The van der Waals surface area contributed by atoms with Crippen molar-refractivity contribution in [2.45, 2.75) is 24.0 Å². The Morgan fingerprint density at radius 1 is 1.11 bits per heavy atom. The van der Waals surface area contributed by atoms with Crippen molar-refractivity contribution in [3.8, 4) is 11.3 Å². The van der Waals surface area contributed by atoms with Gasteiger partial charge in [0.15, 0.2) is 0 Å². The van der Waals surface area contributed by atoms with E-state index in [2.05, 4.69) is 53.4 Å². The maximum absolute atomic E-state index is 4.42. The summed E-state index contributed by atoms with van der Waals surface area (Å²) < 4.78 is 0. The normalized spacial score (nSPS) is 10.7. The standard InChI is InChI=1S/C14H17N3S/c1-10(2)18-12-6-4-11(5-7-12)13-8-9-16-14(15-3)17-13/h4-10H,1-3H3,(H,15,16,17). The van der Waals surface area contributed by atoms with E-state index in [9.17, 15) is 0 Å². The first-order valence-electron chi connectivity index (χ1n) is 5.97. The first-order valence-corrected chi connectivity index (χ1v) is 6.85. The summed E-state index contributed by atoms with van der Waals surface area (Å²) in [7, 11) is 1.82. The molecular weight excluding hydrogens is 242 g/mol. The summed E-state index contributed by atoms with van der Waals surface area (Å²) in [6, 6.07) is 10.4. The minimum absolute atomic E-state index is 0.603. The molecule has 0 amide bonds. The summed E-state index contributed by atoms with van der Waals surface area (Å²) >= 11 is 1.86. The van der Waals surface area contributed by atoms with Gasteiger partial charge in [0.1, 0.15) is 0 Å². The predicted octanol–water partition coefficient (Wildman–Crippen LogP) is 3.69. The van der Waals surface area contributed by atoms with E-state index in [1.54, 1.807) is 6.20 Å². The highest BCUT2D eigenvalue weighted by Crippen LogP contribution is 2.25. The van der Waals surface area contributed by atoms with Crippen molar-refractivity contribution in [2.75, 3.05) is 12.4 Å². The zero-order valence-corrected chi connectivity index (χ0v) is 11.7. The van der Waals surface area contributed by atoms with E-state index in [-0.39, 0.29) is 0 Å². The number of rotatable bonds is 4. The van der Waals surface area contributed by atoms with Crippen molar-refractivity contribution in [3.05, 3.63) is 36.5 Å². The highest BCUT2D eigenvalue weighted by Gasteiger charge is 2.02. The second-order valence-electron chi connectivity index (χ2n) is 4.21. The van der Waals surface area contributed by atoms with Crippen molar-refractivity contribution in [1.29, 1.82) is 0 Å². The van der Waals surface area contributed by atoms with Gasteiger partial charge in [0.2, 0.25) is 5.95 Å². The molecule has 4 heteroatoms. The van der Waals surface area contributed by atoms with Crippen LogP contribution in [0.5, 0.6) is 0 Å². The third-order valence-corrected chi connectivity index (χ3v) is 3.42. The van der Waals surface area contributed by atoms with Gasteiger partial charge in [0.05, 0.1) is 5.69 Å². The Hall–Kier alpha value is -1.55. The third-order valence-electron chi connectivity index (χ3n) is 2.40. The number of nitrogens with one attached hydrogen (secondary N) is 1. The topological polar surface area (TPSA) is 37.8 Å². The molecule has 0 saturated heterocycles. The van der Waals surface area contributed by atoms with Crippen LogP contribution in [0, 0.1) is 0 Å². The zero-order valence-electron chi connectivity index (χ0n) is 10.8. The van der Waals surface area contributed by atoms with Crippen LogP contribution < -0.4 is 5.32 Å². The van der Waals surface area contributed by atoms with E-state index in [1.165, 1.54) is 4.90 Å². The number of thioether (sulfide) groups is 1. The minimum atomic E-state index is 0.603. The maximum Gasteiger partial charge on any atom is 0.222 e. The summed E-state index contributed by atoms with van der Waals surface area (Å²) in [6.07, 6.45) is 1.77. The molecule has 1 heterocycles. The molecule has 1 aromatic carbocycles. The lowest BCUT2D eigenvalue weighted by atomic mass is 10.1. The fourth-order valence-corrected chi connectivity index (χ4v) is 2.45. The van der Waals surface area contributed by atoms with Crippen LogP contribution in [0.2, 0.25) is 0 Å². The molecule has 1 aromatic heterocycles. The molecule has 2 aromatic rings. The fraction of sp³-hybridized carbons (Fsp3) is 0.286. The van der Waals surface area contributed by atoms with E-state index >= 15 is 0 Å². The lowest BCUT2D eigenvalue weighted by molar-refractivity contribution is 1.11. The van der Waals surface area contributed by atoms with E-state index in [0.717, 1.165) is 11.3 Å². The predicted molar refractivity (Wildman–Crippen MR) is 78.0 cm³/mol. The average molecular weight is 259 g/mol. The molecule has 0 atom stereocenters. The molecule has 0 aliphatic heterocycles. The first-order chi connectivity index (χ1) is 8.69. The Morgan fingerprint density at radius 2 is 1.83 bits per heavy atom. The maximum atomic E-state index is 4.42. The number of hydrogen-bond donors (Lipinski definition) is 1. The number of aromatic nitrogens is 2. The van der Waals surface area contributed by atoms with Crippen LogP contribution in [0.4, 0.5) is 5.95 Å². The number of nitrogens with zero attached hydrogens (tertiary/aromatic N) is 2. The van der Waals surface area contributed by atoms with E-state index in [0.29, 0.717) is 11.2 Å². The summed E-state index contributed by atoms with van der Waals surface area (Å²) in [6.45, 7) is 4.39. The smallest absolute Gasteiger partial charge is 0.222 e. The van der Waals surface area contributed by atoms with Gasteiger partial charge in [0, 0.05) is 29.0 Å². The molecule has 0 saturated carbocycles. The largest absolute Gasteiger partial charge is 0.357 e. The molecule has 2 rings (SSSR count). The lowest BCUT2D eigenvalue weighted by Crippen LogP contribution is -1.96. The molecule has 0 fully saturated rings. The lowest BCUT2D eigenvalue weighted by Gasteiger charge is -2.06. The van der Waals surface area contributed by atoms with Gasteiger partial charge in [0.25, 0.3) is 0 Å². The van der Waals surface area contributed by atoms with Gasteiger partial charge >= 0.3 is 0 Å². The molecule has 0 spiro atoms. The molecule has 1 N–H and O–H groups in total. The van der Waals surface area contributed by atoms with Crippen molar-refractivity contribution < 1.29 is 0 Å². The molecular formula is C14H17N3S. The van der Waals surface area contributed by atoms with E-state index < -0.39 is 0 Å². The fourth-order valence-electron chi connectivity index (χ4n) is 1.62. The molecule has 0 bridgehead atoms. The van der Waals surface area contributed by atoms with Crippen LogP contribution in [0.1, 0.15) is 13.8 Å². The van der Waals surface area contributed by atoms with Crippen molar-refractivity contribution in [3.63, 3.8) is 0 Å². The van der Waals surface area contributed by atoms with Crippen molar-refractivity contribution in [2.24, 2.45) is 0 Å². The van der Waals surface area contributed by atoms with Crippen molar-refractivity contribution >= 4 is 17.7 Å². The Bertz CT molecular complexity index is 509. The van der Waals surface area contributed by atoms with Gasteiger partial charge in [-0.25, -0.2) is 9.97 Å². The highest BCUT2D eigenvalue weighted by molar-refractivity contribution is 7.99. The Morgan fingerprint density at radius 3 is 2.44 bits per heavy atom. The molecule has 0 aliphatic carbocycles. The summed E-state index contributed by atoms with van der Waals surface area (Å²) in [4.78, 5) is 9.83. The van der Waals surface area contributed by atoms with Crippen LogP contribution in [0.15, 0.2) is 41.4 Å². The average Bonchev–Trinajstić information content (AvgIpc) is 2.39. The van der Waals surface area contributed by atoms with Crippen molar-refractivity contribution in [1.82, 2.24) is 9.97 Å². The Kier molecular flexibility index (Phi) is 4.20. The van der Waals surface area contributed by atoms with Gasteiger partial charge in [-0.15, -0.1) is 11.8 Å². The zero-order chi connectivity index (χ0) is 13.0. The molecule has 0 radical (unpaired) electrons. The second-order valence-corrected chi connectivity index (χ2v) is 5.86. The van der Waals surface area contributed by atoms with Crippen LogP contribution in [-0.4, -0.2) is 22.3 Å². The van der Waals surface area contributed by atoms with Gasteiger partial charge in [-0.2, -0.15) is 0 Å². The van der Waals surface area contributed by atoms with Crippen LogP contribution in [0.3, 0.4) is 0 Å². The Labute approximate surface area is 112 Å². The Balaban J connectivity index is 2.22. The highest BCUT2D eigenvalue weighted by atomic mass is 32.2. The van der Waals surface area contributed by atoms with Crippen LogP contribution in [-0.2, 0) is 0 Å². The molecule has 3 nitrogen and oxygen atoms in total. The van der Waals surface area contributed by atoms with Crippen LogP contribution >= 0.6 is 11.8 Å². The summed E-state index contributed by atoms with van der Waals surface area (Å²) in [5, 5.41) is 3.55. The van der Waals surface area contributed by atoms with Crippen LogP contribution in [0.25, 0.3) is 11.3 Å².